The standard InChI is InChI=1S/C27H24F2N6O2S.C7H13N/c1-5-20(36)35-11-10-19(13(35)2)34(3)26-16-7-6-15(22(29)23(16)32-27(33-26)37-4)14-8-9-18(28)24-21(14)17(12-30)25(31)38-24;1-8-5-4-7(6-8)2-3-7/h5-9,13,19H,1,10-11,31H2,2-4H3;2-6H2,1H3/t13-,19-;/m1./s1. The average Bonchev–Trinajstić information content (AvgIpc) is 3.34. The molecule has 0 radical (unpaired) electrons. The third-order valence-electron chi connectivity index (χ3n) is 9.76. The predicted octanol–water partition coefficient (Wildman–Crippen LogP) is 5.97. The minimum atomic E-state index is -0.664. The summed E-state index contributed by atoms with van der Waals surface area (Å²) in [6.45, 7) is 8.82. The fourth-order valence-electron chi connectivity index (χ4n) is 6.99. The molecule has 1 amide bonds. The van der Waals surface area contributed by atoms with Crippen molar-refractivity contribution in [2.75, 3.05) is 51.5 Å². The van der Waals surface area contributed by atoms with Gasteiger partial charge >= 0.3 is 6.01 Å². The first-order valence-corrected chi connectivity index (χ1v) is 16.1. The highest BCUT2D eigenvalue weighted by Gasteiger charge is 2.46. The number of methoxy groups -OCH3 is 1. The van der Waals surface area contributed by atoms with Gasteiger partial charge in [0.15, 0.2) is 5.82 Å². The van der Waals surface area contributed by atoms with Crippen molar-refractivity contribution in [3.05, 3.63) is 54.1 Å². The number of hydrogen-bond acceptors (Lipinski definition) is 9. The molecule has 240 valence electrons. The maximum Gasteiger partial charge on any atom is 0.318 e. The van der Waals surface area contributed by atoms with E-state index in [1.54, 1.807) is 17.0 Å². The number of rotatable bonds is 5. The summed E-state index contributed by atoms with van der Waals surface area (Å²) in [5.41, 5.74) is 7.41. The van der Waals surface area contributed by atoms with E-state index in [1.165, 1.54) is 57.7 Å². The molecule has 2 saturated heterocycles. The molecule has 1 saturated carbocycles. The number of ether oxygens (including phenoxy) is 1. The summed E-state index contributed by atoms with van der Waals surface area (Å²) in [6, 6.07) is 7.70. The monoisotopic (exact) mass is 645 g/mol. The molecular formula is C34H37F2N7O2S. The Bertz CT molecular complexity index is 1900. The van der Waals surface area contributed by atoms with Gasteiger partial charge in [-0.1, -0.05) is 18.7 Å². The molecule has 2 aromatic carbocycles. The van der Waals surface area contributed by atoms with Gasteiger partial charge < -0.3 is 25.2 Å². The van der Waals surface area contributed by atoms with Crippen LogP contribution < -0.4 is 15.4 Å². The van der Waals surface area contributed by atoms with Crippen LogP contribution in [0.15, 0.2) is 36.9 Å². The number of nitrogen functional groups attached to an aromatic ring is 1. The van der Waals surface area contributed by atoms with E-state index in [0.717, 1.165) is 16.8 Å². The first-order chi connectivity index (χ1) is 22.0. The quantitative estimate of drug-likeness (QED) is 0.265. The second kappa shape index (κ2) is 12.1. The Morgan fingerprint density at radius 2 is 1.96 bits per heavy atom. The minimum absolute atomic E-state index is 0.0139. The lowest BCUT2D eigenvalue weighted by atomic mass is 9.97. The first-order valence-electron chi connectivity index (χ1n) is 15.3. The molecule has 4 heterocycles. The number of halogens is 2. The Kier molecular flexibility index (Phi) is 8.33. The van der Waals surface area contributed by atoms with Gasteiger partial charge in [0.2, 0.25) is 5.91 Å². The molecule has 0 bridgehead atoms. The largest absolute Gasteiger partial charge is 0.467 e. The van der Waals surface area contributed by atoms with Gasteiger partial charge in [-0.3, -0.25) is 4.79 Å². The van der Waals surface area contributed by atoms with Crippen molar-refractivity contribution in [3.8, 4) is 23.2 Å². The van der Waals surface area contributed by atoms with Crippen molar-refractivity contribution < 1.29 is 18.3 Å². The van der Waals surface area contributed by atoms with E-state index in [1.807, 2.05) is 24.9 Å². The van der Waals surface area contributed by atoms with E-state index < -0.39 is 11.6 Å². The second-order valence-electron chi connectivity index (χ2n) is 12.5. The molecule has 12 heteroatoms. The van der Waals surface area contributed by atoms with Crippen molar-refractivity contribution in [2.45, 2.75) is 44.7 Å². The number of aromatic nitrogens is 2. The summed E-state index contributed by atoms with van der Waals surface area (Å²) >= 11 is 0.950. The van der Waals surface area contributed by atoms with Crippen molar-refractivity contribution >= 4 is 49.1 Å². The lowest BCUT2D eigenvalue weighted by Gasteiger charge is -2.32. The van der Waals surface area contributed by atoms with Gasteiger partial charge in [0.1, 0.15) is 28.2 Å². The number of nitriles is 1. The van der Waals surface area contributed by atoms with Gasteiger partial charge in [-0.2, -0.15) is 15.2 Å². The third kappa shape index (κ3) is 5.41. The minimum Gasteiger partial charge on any atom is -0.467 e. The fraction of sp³-hybridized carbons (Fsp3) is 0.412. The van der Waals surface area contributed by atoms with Crippen molar-refractivity contribution in [1.82, 2.24) is 19.8 Å². The SMILES string of the molecule is C=CC(=O)N1CC[C@@H](N(C)c2nc(OC)nc3c(F)c(-c4ccc(F)c5sc(N)c(C#N)c45)ccc23)[C@H]1C.CN1CCC2(CC2)C1. The molecule has 2 aliphatic heterocycles. The third-order valence-corrected chi connectivity index (χ3v) is 10.8. The highest BCUT2D eigenvalue weighted by molar-refractivity contribution is 7.23. The normalized spacial score (nSPS) is 20.1. The predicted molar refractivity (Wildman–Crippen MR) is 178 cm³/mol. The summed E-state index contributed by atoms with van der Waals surface area (Å²) in [5, 5.41) is 10.5. The Morgan fingerprint density at radius 3 is 2.57 bits per heavy atom. The van der Waals surface area contributed by atoms with Gasteiger partial charge in [-0.15, -0.1) is 11.3 Å². The summed E-state index contributed by atoms with van der Waals surface area (Å²) in [5.74, 6) is -0.900. The van der Waals surface area contributed by atoms with Crippen LogP contribution in [-0.4, -0.2) is 78.6 Å². The average molecular weight is 646 g/mol. The lowest BCUT2D eigenvalue weighted by Crippen LogP contribution is -2.43. The van der Waals surface area contributed by atoms with Crippen molar-refractivity contribution in [2.24, 2.45) is 5.41 Å². The first kappa shape index (κ1) is 31.6. The van der Waals surface area contributed by atoms with E-state index in [9.17, 15) is 14.4 Å². The number of likely N-dealkylation sites (tertiary alicyclic amines) is 2. The molecule has 0 unspecified atom stereocenters. The Labute approximate surface area is 270 Å². The van der Waals surface area contributed by atoms with Crippen molar-refractivity contribution in [3.63, 3.8) is 0 Å². The number of thiophene rings is 1. The maximum atomic E-state index is 16.2. The molecule has 1 aliphatic carbocycles. The van der Waals surface area contributed by atoms with Crippen LogP contribution in [0.3, 0.4) is 0 Å². The Hall–Kier alpha value is -4.34. The molecule has 1 spiro atoms. The van der Waals surface area contributed by atoms with E-state index >= 15 is 4.39 Å². The van der Waals surface area contributed by atoms with Crippen LogP contribution >= 0.6 is 11.3 Å². The fourth-order valence-corrected chi connectivity index (χ4v) is 7.94. The number of benzene rings is 2. The lowest BCUT2D eigenvalue weighted by molar-refractivity contribution is -0.126. The number of nitrogens with two attached hydrogens (primary N) is 1. The summed E-state index contributed by atoms with van der Waals surface area (Å²) in [7, 11) is 5.46. The van der Waals surface area contributed by atoms with Crippen LogP contribution in [0.25, 0.3) is 32.1 Å². The van der Waals surface area contributed by atoms with Crippen LogP contribution in [0.1, 0.15) is 38.2 Å². The zero-order valence-corrected chi connectivity index (χ0v) is 27.3. The van der Waals surface area contributed by atoms with E-state index in [2.05, 4.69) is 28.5 Å². The molecule has 2 aromatic heterocycles. The highest BCUT2D eigenvalue weighted by Crippen LogP contribution is 2.52. The number of anilines is 2. The number of carbonyl (C=O) groups is 1. The molecule has 3 aliphatic rings. The number of amides is 1. The van der Waals surface area contributed by atoms with E-state index in [0.29, 0.717) is 29.7 Å². The second-order valence-corrected chi connectivity index (χ2v) is 13.6. The zero-order chi connectivity index (χ0) is 32.9. The molecular weight excluding hydrogens is 608 g/mol. The topological polar surface area (TPSA) is 112 Å². The van der Waals surface area contributed by atoms with Gasteiger partial charge in [0.25, 0.3) is 0 Å². The van der Waals surface area contributed by atoms with Gasteiger partial charge in [-0.25, -0.2) is 8.78 Å². The molecule has 2 N–H and O–H groups in total. The Morgan fingerprint density at radius 1 is 1.22 bits per heavy atom. The smallest absolute Gasteiger partial charge is 0.318 e. The van der Waals surface area contributed by atoms with Crippen LogP contribution in [0.5, 0.6) is 6.01 Å². The molecule has 46 heavy (non-hydrogen) atoms. The number of fused-ring (bicyclic) bond motifs is 2. The van der Waals surface area contributed by atoms with Crippen molar-refractivity contribution in [1.29, 1.82) is 5.26 Å². The number of hydrogen-bond donors (Lipinski definition) is 1. The summed E-state index contributed by atoms with van der Waals surface area (Å²) < 4.78 is 36.3. The Balaban J connectivity index is 0.000000400. The van der Waals surface area contributed by atoms with Crippen LogP contribution in [-0.2, 0) is 4.79 Å². The number of nitrogens with zero attached hydrogens (tertiary/aromatic N) is 6. The number of likely N-dealkylation sites (N-methyl/N-ethyl adjacent to an activating group) is 1. The summed E-state index contributed by atoms with van der Waals surface area (Å²) in [4.78, 5) is 27.2. The molecule has 3 fully saturated rings. The summed E-state index contributed by atoms with van der Waals surface area (Å²) in [6.07, 6.45) is 6.48. The van der Waals surface area contributed by atoms with Gasteiger partial charge in [0, 0.05) is 42.5 Å². The molecule has 2 atom stereocenters. The van der Waals surface area contributed by atoms with Gasteiger partial charge in [-0.05, 0) is 75.4 Å². The van der Waals surface area contributed by atoms with Crippen LogP contribution in [0.2, 0.25) is 0 Å². The molecule has 9 nitrogen and oxygen atoms in total. The molecule has 7 rings (SSSR count). The van der Waals surface area contributed by atoms with Crippen LogP contribution in [0, 0.1) is 28.4 Å². The van der Waals surface area contributed by atoms with Crippen LogP contribution in [0.4, 0.5) is 19.6 Å². The van der Waals surface area contributed by atoms with E-state index in [-0.39, 0.29) is 55.7 Å². The zero-order valence-electron chi connectivity index (χ0n) is 26.4. The van der Waals surface area contributed by atoms with Gasteiger partial charge in [0.05, 0.1) is 23.4 Å². The molecule has 4 aromatic rings. The maximum absolute atomic E-state index is 16.2. The van der Waals surface area contributed by atoms with E-state index in [4.69, 9.17) is 10.5 Å². The highest BCUT2D eigenvalue weighted by atomic mass is 32.1. The number of carbonyl (C=O) groups excluding carboxylic acids is 1.